The molecule has 1 aliphatic rings. The van der Waals surface area contributed by atoms with Gasteiger partial charge in [-0.05, 0) is 12.1 Å². The summed E-state index contributed by atoms with van der Waals surface area (Å²) in [6, 6.07) is 10.5. The Bertz CT molecular complexity index is 560. The number of rotatable bonds is 3. The summed E-state index contributed by atoms with van der Waals surface area (Å²) < 4.78 is 1.25. The van der Waals surface area contributed by atoms with Crippen molar-refractivity contribution in [1.82, 2.24) is 9.88 Å². The van der Waals surface area contributed by atoms with Gasteiger partial charge in [0.05, 0.1) is 16.3 Å². The van der Waals surface area contributed by atoms with Crippen LogP contribution in [0.4, 0.5) is 5.13 Å². The van der Waals surface area contributed by atoms with E-state index in [0.717, 1.165) is 43.4 Å². The van der Waals surface area contributed by atoms with Crippen molar-refractivity contribution >= 4 is 26.7 Å². The van der Waals surface area contributed by atoms with Gasteiger partial charge in [-0.2, -0.15) is 5.26 Å². The van der Waals surface area contributed by atoms with Crippen LogP contribution in [-0.2, 0) is 0 Å². The number of anilines is 1. The monoisotopic (exact) mass is 272 g/mol. The van der Waals surface area contributed by atoms with Crippen LogP contribution in [0.15, 0.2) is 24.3 Å². The van der Waals surface area contributed by atoms with Crippen LogP contribution in [0.3, 0.4) is 0 Å². The van der Waals surface area contributed by atoms with Crippen molar-refractivity contribution in [3.8, 4) is 6.07 Å². The molecule has 0 N–H and O–H groups in total. The topological polar surface area (TPSA) is 43.2 Å². The summed E-state index contributed by atoms with van der Waals surface area (Å²) >= 11 is 1.77. The zero-order chi connectivity index (χ0) is 13.1. The van der Waals surface area contributed by atoms with Crippen LogP contribution in [0.1, 0.15) is 6.42 Å². The molecule has 0 bridgehead atoms. The zero-order valence-electron chi connectivity index (χ0n) is 10.7. The maximum Gasteiger partial charge on any atom is 0.186 e. The van der Waals surface area contributed by atoms with E-state index in [1.165, 1.54) is 4.70 Å². The minimum absolute atomic E-state index is 0.626. The van der Waals surface area contributed by atoms with Crippen molar-refractivity contribution in [3.63, 3.8) is 0 Å². The normalized spacial score (nSPS) is 16.7. The number of hydrogen-bond donors (Lipinski definition) is 0. The third-order valence-corrected chi connectivity index (χ3v) is 4.56. The van der Waals surface area contributed by atoms with Crippen molar-refractivity contribution in [2.45, 2.75) is 6.42 Å². The second-order valence-corrected chi connectivity index (χ2v) is 5.71. The van der Waals surface area contributed by atoms with E-state index in [2.05, 4.69) is 34.1 Å². The largest absolute Gasteiger partial charge is 0.345 e. The Kier molecular flexibility index (Phi) is 3.62. The third-order valence-electron chi connectivity index (χ3n) is 3.47. The molecule has 98 valence electrons. The second-order valence-electron chi connectivity index (χ2n) is 4.70. The fourth-order valence-electron chi connectivity index (χ4n) is 2.37. The molecule has 19 heavy (non-hydrogen) atoms. The summed E-state index contributed by atoms with van der Waals surface area (Å²) in [4.78, 5) is 9.41. The number of nitrogens with zero attached hydrogens (tertiary/aromatic N) is 4. The lowest BCUT2D eigenvalue weighted by atomic mass is 10.3. The fourth-order valence-corrected chi connectivity index (χ4v) is 3.38. The standard InChI is InChI=1S/C14H16N4S/c15-6-3-7-17-8-10-18(11-9-17)14-16-12-4-1-2-5-13(12)19-14/h1-2,4-5H,3,7-11H2. The Balaban J connectivity index is 1.66. The number of nitriles is 1. The van der Waals surface area contributed by atoms with Gasteiger partial charge in [-0.3, -0.25) is 4.90 Å². The smallest absolute Gasteiger partial charge is 0.186 e. The van der Waals surface area contributed by atoms with Crippen molar-refractivity contribution < 1.29 is 0 Å². The molecule has 2 heterocycles. The molecule has 0 saturated carbocycles. The summed E-state index contributed by atoms with van der Waals surface area (Å²) in [5.74, 6) is 0. The highest BCUT2D eigenvalue weighted by Crippen LogP contribution is 2.28. The first-order valence-corrected chi connectivity index (χ1v) is 7.38. The lowest BCUT2D eigenvalue weighted by molar-refractivity contribution is 0.263. The van der Waals surface area contributed by atoms with E-state index in [1.54, 1.807) is 11.3 Å². The molecule has 0 unspecified atom stereocenters. The van der Waals surface area contributed by atoms with E-state index in [4.69, 9.17) is 10.2 Å². The number of fused-ring (bicyclic) bond motifs is 1. The highest BCUT2D eigenvalue weighted by molar-refractivity contribution is 7.22. The lowest BCUT2D eigenvalue weighted by Crippen LogP contribution is -2.46. The molecule has 1 aliphatic heterocycles. The number of aromatic nitrogens is 1. The molecule has 4 nitrogen and oxygen atoms in total. The van der Waals surface area contributed by atoms with Crippen LogP contribution in [0.25, 0.3) is 10.2 Å². The van der Waals surface area contributed by atoms with Gasteiger partial charge in [0.25, 0.3) is 0 Å². The summed E-state index contributed by atoms with van der Waals surface area (Å²) in [6.07, 6.45) is 0.626. The van der Waals surface area contributed by atoms with E-state index in [9.17, 15) is 0 Å². The van der Waals surface area contributed by atoms with Gasteiger partial charge in [-0.25, -0.2) is 4.98 Å². The molecule has 1 aromatic heterocycles. The minimum atomic E-state index is 0.626. The van der Waals surface area contributed by atoms with Gasteiger partial charge in [0.1, 0.15) is 0 Å². The lowest BCUT2D eigenvalue weighted by Gasteiger charge is -2.34. The Labute approximate surface area is 116 Å². The molecule has 0 radical (unpaired) electrons. The maximum atomic E-state index is 8.61. The molecule has 0 atom stereocenters. The van der Waals surface area contributed by atoms with E-state index in [1.807, 2.05) is 6.07 Å². The predicted octanol–water partition coefficient (Wildman–Crippen LogP) is 2.33. The molecule has 3 rings (SSSR count). The minimum Gasteiger partial charge on any atom is -0.345 e. The molecular formula is C14H16N4S. The van der Waals surface area contributed by atoms with E-state index in [0.29, 0.717) is 6.42 Å². The average Bonchev–Trinajstić information content (AvgIpc) is 2.89. The Morgan fingerprint density at radius 1 is 1.21 bits per heavy atom. The molecule has 2 aromatic rings. The first kappa shape index (κ1) is 12.4. The molecule has 1 aromatic carbocycles. The molecule has 0 aliphatic carbocycles. The van der Waals surface area contributed by atoms with Crippen LogP contribution in [0.2, 0.25) is 0 Å². The Morgan fingerprint density at radius 3 is 2.74 bits per heavy atom. The second kappa shape index (κ2) is 5.55. The highest BCUT2D eigenvalue weighted by atomic mass is 32.1. The van der Waals surface area contributed by atoms with Gasteiger partial charge in [0.15, 0.2) is 5.13 Å². The molecular weight excluding hydrogens is 256 g/mol. The summed E-state index contributed by atoms with van der Waals surface area (Å²) in [5, 5.41) is 9.74. The quantitative estimate of drug-likeness (QED) is 0.860. The van der Waals surface area contributed by atoms with Crippen LogP contribution >= 0.6 is 11.3 Å². The third kappa shape index (κ3) is 2.70. The number of piperazine rings is 1. The summed E-state index contributed by atoms with van der Waals surface area (Å²) in [5.41, 5.74) is 1.09. The molecule has 0 amide bonds. The molecule has 0 spiro atoms. The van der Waals surface area contributed by atoms with Gasteiger partial charge in [0, 0.05) is 39.1 Å². The van der Waals surface area contributed by atoms with Crippen LogP contribution < -0.4 is 4.90 Å². The molecule has 1 fully saturated rings. The van der Waals surface area contributed by atoms with Crippen molar-refractivity contribution in [1.29, 1.82) is 5.26 Å². The molecule has 1 saturated heterocycles. The number of para-hydroxylation sites is 1. The number of thiazole rings is 1. The highest BCUT2D eigenvalue weighted by Gasteiger charge is 2.19. The van der Waals surface area contributed by atoms with E-state index in [-0.39, 0.29) is 0 Å². The Hall–Kier alpha value is -1.64. The van der Waals surface area contributed by atoms with Crippen LogP contribution in [0.5, 0.6) is 0 Å². The summed E-state index contributed by atoms with van der Waals surface area (Å²) in [7, 11) is 0. The number of benzene rings is 1. The SMILES string of the molecule is N#CCCN1CCN(c2nc3ccccc3s2)CC1. The van der Waals surface area contributed by atoms with Gasteiger partial charge < -0.3 is 4.90 Å². The van der Waals surface area contributed by atoms with E-state index < -0.39 is 0 Å². The van der Waals surface area contributed by atoms with Gasteiger partial charge in [-0.1, -0.05) is 23.5 Å². The van der Waals surface area contributed by atoms with E-state index >= 15 is 0 Å². The first-order chi connectivity index (χ1) is 9.36. The van der Waals surface area contributed by atoms with Gasteiger partial charge in [0.2, 0.25) is 0 Å². The van der Waals surface area contributed by atoms with Gasteiger partial charge >= 0.3 is 0 Å². The molecule has 5 heteroatoms. The zero-order valence-corrected chi connectivity index (χ0v) is 11.6. The van der Waals surface area contributed by atoms with Crippen molar-refractivity contribution in [3.05, 3.63) is 24.3 Å². The average molecular weight is 272 g/mol. The van der Waals surface area contributed by atoms with Crippen LogP contribution in [0, 0.1) is 11.3 Å². The van der Waals surface area contributed by atoms with Crippen molar-refractivity contribution in [2.24, 2.45) is 0 Å². The number of hydrogen-bond acceptors (Lipinski definition) is 5. The van der Waals surface area contributed by atoms with Gasteiger partial charge in [-0.15, -0.1) is 0 Å². The Morgan fingerprint density at radius 2 is 2.00 bits per heavy atom. The first-order valence-electron chi connectivity index (χ1n) is 6.56. The summed E-state index contributed by atoms with van der Waals surface area (Å²) in [6.45, 7) is 4.95. The van der Waals surface area contributed by atoms with Crippen LogP contribution in [-0.4, -0.2) is 42.6 Å². The van der Waals surface area contributed by atoms with Crippen molar-refractivity contribution in [2.75, 3.05) is 37.6 Å². The fraction of sp³-hybridized carbons (Fsp3) is 0.429. The maximum absolute atomic E-state index is 8.61. The predicted molar refractivity (Wildman–Crippen MR) is 78.5 cm³/mol.